The molecule has 0 saturated carbocycles. The van der Waals surface area contributed by atoms with E-state index in [2.05, 4.69) is 15.4 Å². The van der Waals surface area contributed by atoms with Gasteiger partial charge in [-0.1, -0.05) is 36.4 Å². The van der Waals surface area contributed by atoms with E-state index >= 15 is 0 Å². The molecule has 10 nitrogen and oxygen atoms in total. The Balaban J connectivity index is 1.59. The van der Waals surface area contributed by atoms with Gasteiger partial charge in [-0.2, -0.15) is 5.10 Å². The van der Waals surface area contributed by atoms with Crippen molar-refractivity contribution in [1.29, 1.82) is 0 Å². The number of carbonyl (C=O) groups excluding carboxylic acids is 1. The Morgan fingerprint density at radius 2 is 1.91 bits per heavy atom. The Morgan fingerprint density at radius 3 is 2.65 bits per heavy atom. The molecule has 1 atom stereocenters. The maximum atomic E-state index is 12.7. The number of rotatable bonds is 7. The van der Waals surface area contributed by atoms with Gasteiger partial charge in [-0.05, 0) is 30.2 Å². The zero-order valence-electron chi connectivity index (χ0n) is 18.7. The van der Waals surface area contributed by atoms with Gasteiger partial charge in [0.2, 0.25) is 0 Å². The first-order valence-electron chi connectivity index (χ1n) is 10.5. The molecule has 10 heteroatoms. The van der Waals surface area contributed by atoms with Crippen LogP contribution < -0.4 is 27.0 Å². The van der Waals surface area contributed by atoms with Crippen LogP contribution in [0.3, 0.4) is 0 Å². The number of hydrogen-bond donors (Lipinski definition) is 4. The zero-order valence-corrected chi connectivity index (χ0v) is 18.7. The summed E-state index contributed by atoms with van der Waals surface area (Å²) < 4.78 is 7.33. The number of aromatic amines is 2. The molecule has 0 saturated heterocycles. The lowest BCUT2D eigenvalue weighted by Gasteiger charge is -2.18. The van der Waals surface area contributed by atoms with Gasteiger partial charge in [-0.3, -0.25) is 19.3 Å². The minimum Gasteiger partial charge on any atom is -0.496 e. The average Bonchev–Trinajstić information content (AvgIpc) is 3.29. The number of hydrogen-bond acceptors (Lipinski definition) is 6. The van der Waals surface area contributed by atoms with Gasteiger partial charge in [0, 0.05) is 17.3 Å². The number of anilines is 1. The van der Waals surface area contributed by atoms with E-state index in [0.29, 0.717) is 17.9 Å². The van der Waals surface area contributed by atoms with Crippen molar-refractivity contribution in [2.24, 2.45) is 0 Å². The van der Waals surface area contributed by atoms with E-state index in [1.54, 1.807) is 13.1 Å². The van der Waals surface area contributed by atoms with Gasteiger partial charge in [0.05, 0.1) is 25.9 Å². The van der Waals surface area contributed by atoms with Crippen molar-refractivity contribution in [3.8, 4) is 16.9 Å². The summed E-state index contributed by atoms with van der Waals surface area (Å²) >= 11 is 0. The molecule has 0 spiro atoms. The van der Waals surface area contributed by atoms with Crippen LogP contribution in [0, 0.1) is 0 Å². The molecule has 1 amide bonds. The quantitative estimate of drug-likeness (QED) is 0.332. The van der Waals surface area contributed by atoms with E-state index in [1.165, 1.54) is 7.11 Å². The molecule has 0 aliphatic heterocycles. The second-order valence-corrected chi connectivity index (χ2v) is 7.76. The van der Waals surface area contributed by atoms with Crippen molar-refractivity contribution in [2.45, 2.75) is 19.5 Å². The van der Waals surface area contributed by atoms with Crippen LogP contribution in [0.5, 0.6) is 5.75 Å². The number of nitrogen functional groups attached to an aromatic ring is 1. The molecule has 0 radical (unpaired) electrons. The molecule has 2 aromatic carbocycles. The van der Waals surface area contributed by atoms with Crippen molar-refractivity contribution in [1.82, 2.24) is 25.1 Å². The fourth-order valence-electron chi connectivity index (χ4n) is 3.64. The van der Waals surface area contributed by atoms with Crippen molar-refractivity contribution in [3.63, 3.8) is 0 Å². The van der Waals surface area contributed by atoms with Gasteiger partial charge in [0.25, 0.3) is 11.5 Å². The first kappa shape index (κ1) is 22.6. The predicted octanol–water partition coefficient (Wildman–Crippen LogP) is 2.06. The lowest BCUT2D eigenvalue weighted by Crippen LogP contribution is -2.34. The van der Waals surface area contributed by atoms with Gasteiger partial charge in [0.15, 0.2) is 0 Å². The average molecular weight is 460 g/mol. The molecule has 0 aliphatic rings. The maximum Gasteiger partial charge on any atom is 0.326 e. The normalized spacial score (nSPS) is 11.7. The number of carbonyl (C=O) groups is 1. The number of benzene rings is 2. The van der Waals surface area contributed by atoms with Gasteiger partial charge in [0.1, 0.15) is 17.1 Å². The number of amides is 1. The second kappa shape index (κ2) is 9.49. The highest BCUT2D eigenvalue weighted by atomic mass is 16.5. The highest BCUT2D eigenvalue weighted by Gasteiger charge is 2.20. The van der Waals surface area contributed by atoms with E-state index in [1.807, 2.05) is 64.4 Å². The van der Waals surface area contributed by atoms with Gasteiger partial charge in [-0.25, -0.2) is 4.79 Å². The van der Waals surface area contributed by atoms with Crippen LogP contribution in [0.25, 0.3) is 11.1 Å². The van der Waals surface area contributed by atoms with Crippen LogP contribution in [0.2, 0.25) is 0 Å². The maximum absolute atomic E-state index is 12.7. The first-order chi connectivity index (χ1) is 16.4. The summed E-state index contributed by atoms with van der Waals surface area (Å²) in [6, 6.07) is 15.1. The fourth-order valence-corrected chi connectivity index (χ4v) is 3.64. The number of H-pyrrole nitrogens is 2. The van der Waals surface area contributed by atoms with Crippen molar-refractivity contribution in [2.75, 3.05) is 12.8 Å². The van der Waals surface area contributed by atoms with Crippen molar-refractivity contribution in [3.05, 3.63) is 98.6 Å². The second-order valence-electron chi connectivity index (χ2n) is 7.76. The lowest BCUT2D eigenvalue weighted by atomic mass is 10.0. The number of nitrogens with two attached hydrogens (primary N) is 1. The molecule has 174 valence electrons. The van der Waals surface area contributed by atoms with E-state index < -0.39 is 23.2 Å². The van der Waals surface area contributed by atoms with Crippen molar-refractivity contribution < 1.29 is 9.53 Å². The molecule has 4 rings (SSSR count). The molecule has 4 aromatic rings. The molecule has 34 heavy (non-hydrogen) atoms. The third kappa shape index (κ3) is 4.75. The molecule has 0 aliphatic carbocycles. The summed E-state index contributed by atoms with van der Waals surface area (Å²) in [7, 11) is 1.54. The smallest absolute Gasteiger partial charge is 0.326 e. The van der Waals surface area contributed by atoms with E-state index in [4.69, 9.17) is 10.5 Å². The topological polar surface area (TPSA) is 148 Å². The fraction of sp³-hybridized carbons (Fsp3) is 0.167. The molecular formula is C24H24N6O4. The lowest BCUT2D eigenvalue weighted by molar-refractivity contribution is 0.0935. The summed E-state index contributed by atoms with van der Waals surface area (Å²) in [5.74, 6) is -0.114. The number of methoxy groups -OCH3 is 1. The third-order valence-electron chi connectivity index (χ3n) is 5.40. The van der Waals surface area contributed by atoms with Gasteiger partial charge in [-0.15, -0.1) is 0 Å². The Morgan fingerprint density at radius 1 is 1.15 bits per heavy atom. The van der Waals surface area contributed by atoms with Crippen LogP contribution in [0.1, 0.15) is 34.6 Å². The summed E-state index contributed by atoms with van der Waals surface area (Å²) in [5, 5.41) is 7.21. The summed E-state index contributed by atoms with van der Waals surface area (Å²) in [6.07, 6.45) is 3.73. The number of ether oxygens (including phenoxy) is 1. The highest BCUT2D eigenvalue weighted by Crippen LogP contribution is 2.31. The first-order valence-corrected chi connectivity index (χ1v) is 10.5. The molecule has 2 heterocycles. The Bertz CT molecular complexity index is 1440. The van der Waals surface area contributed by atoms with Gasteiger partial charge >= 0.3 is 5.69 Å². The van der Waals surface area contributed by atoms with Gasteiger partial charge < -0.3 is 20.8 Å². The van der Waals surface area contributed by atoms with E-state index in [-0.39, 0.29) is 11.4 Å². The Labute approximate surface area is 194 Å². The van der Waals surface area contributed by atoms with Crippen LogP contribution in [-0.4, -0.2) is 32.8 Å². The SMILES string of the molecule is COc1ccc(-c2cnn(Cc3ccccc3)c2)cc1[C@@H](C)NC(=O)c1[nH]c(=O)[nH]c(=O)c1N. The molecule has 0 unspecified atom stereocenters. The monoisotopic (exact) mass is 460 g/mol. The van der Waals surface area contributed by atoms with Crippen LogP contribution >= 0.6 is 0 Å². The number of nitrogens with one attached hydrogen (secondary N) is 3. The Kier molecular flexibility index (Phi) is 6.30. The van der Waals surface area contributed by atoms with Crippen LogP contribution in [0.4, 0.5) is 5.69 Å². The Hall–Kier alpha value is -4.60. The summed E-state index contributed by atoms with van der Waals surface area (Å²) in [6.45, 7) is 2.41. The predicted molar refractivity (Wildman–Crippen MR) is 128 cm³/mol. The van der Waals surface area contributed by atoms with Crippen LogP contribution in [-0.2, 0) is 6.54 Å². The number of nitrogens with zero attached hydrogens (tertiary/aromatic N) is 2. The minimum absolute atomic E-state index is 0.294. The number of aromatic nitrogens is 4. The molecule has 0 bridgehead atoms. The van der Waals surface area contributed by atoms with E-state index in [9.17, 15) is 14.4 Å². The summed E-state index contributed by atoms with van der Waals surface area (Å²) in [4.78, 5) is 40.3. The molecule has 2 aromatic heterocycles. The zero-order chi connectivity index (χ0) is 24.2. The summed E-state index contributed by atoms with van der Waals surface area (Å²) in [5.41, 5.74) is 7.01. The van der Waals surface area contributed by atoms with E-state index in [0.717, 1.165) is 16.7 Å². The largest absolute Gasteiger partial charge is 0.496 e. The van der Waals surface area contributed by atoms with Crippen LogP contribution in [0.15, 0.2) is 70.5 Å². The standard InChI is InChI=1S/C24H24N6O4/c1-14(27-23(32)21-20(25)22(31)29-24(33)28-21)18-10-16(8-9-19(18)34-2)17-11-26-30(13-17)12-15-6-4-3-5-7-15/h3-11,13-14H,12,25H2,1-2H3,(H,27,32)(H2,28,29,31,33)/t14-/m1/s1. The molecule has 5 N–H and O–H groups in total. The molecule has 0 fully saturated rings. The minimum atomic E-state index is -0.825. The third-order valence-corrected chi connectivity index (χ3v) is 5.40. The van der Waals surface area contributed by atoms with Crippen molar-refractivity contribution >= 4 is 11.6 Å². The highest BCUT2D eigenvalue weighted by molar-refractivity contribution is 5.97. The molecular weight excluding hydrogens is 436 g/mol.